The molecular formula is C42H29N3Si. The van der Waals surface area contributed by atoms with E-state index in [4.69, 9.17) is 0 Å². The van der Waals surface area contributed by atoms with E-state index in [0.717, 1.165) is 22.4 Å². The van der Waals surface area contributed by atoms with E-state index in [0.29, 0.717) is 11.3 Å². The molecule has 0 amide bonds. The molecule has 8 rings (SSSR count). The number of aromatic nitrogens is 1. The van der Waals surface area contributed by atoms with Gasteiger partial charge in [-0.25, -0.2) is 0 Å². The number of para-hydroxylation sites is 3. The summed E-state index contributed by atoms with van der Waals surface area (Å²) in [5, 5.41) is 15.1. The van der Waals surface area contributed by atoms with E-state index in [1.165, 1.54) is 32.1 Å². The van der Waals surface area contributed by atoms with E-state index in [2.05, 4.69) is 174 Å². The van der Waals surface area contributed by atoms with E-state index >= 15 is 0 Å². The maximum absolute atomic E-state index is 9.64. The molecule has 7 aromatic rings. The van der Waals surface area contributed by atoms with Crippen molar-refractivity contribution in [2.24, 2.45) is 0 Å². The molecular weight excluding hydrogens is 575 g/mol. The van der Waals surface area contributed by atoms with Crippen LogP contribution in [0.2, 0.25) is 0 Å². The van der Waals surface area contributed by atoms with Crippen LogP contribution in [0.15, 0.2) is 176 Å². The maximum Gasteiger partial charge on any atom is 0.184 e. The number of fused-ring (bicyclic) bond motifs is 2. The van der Waals surface area contributed by atoms with Crippen molar-refractivity contribution in [2.75, 3.05) is 4.90 Å². The van der Waals surface area contributed by atoms with Crippen LogP contribution in [-0.4, -0.2) is 13.1 Å². The standard InChI is InChI=1S/C42H29N3Si/c43-30-33-14-13-29-44-42(33)32-27-25-31(26-28-32)36-19-7-8-20-37(36)45-38-21-9-11-23-40(38)46(34-15-3-1-4-16-34,35-17-5-2-6-18-35)41-24-12-10-22-39(41)45/h1-29H. The summed E-state index contributed by atoms with van der Waals surface area (Å²) in [6.07, 6.45) is 1.73. The fraction of sp³-hybridized carbons (Fsp3) is 0. The number of benzene rings is 6. The van der Waals surface area contributed by atoms with Gasteiger partial charge >= 0.3 is 0 Å². The minimum atomic E-state index is -2.68. The SMILES string of the molecule is N#Cc1cccnc1-c1ccc(-c2ccccc2N2c3ccccc3[Si](c3ccccc3)(c3ccccc3)c3ccccc32)cc1. The van der Waals surface area contributed by atoms with Crippen LogP contribution in [0, 0.1) is 11.3 Å². The molecule has 0 aliphatic carbocycles. The Morgan fingerprint density at radius 2 is 0.978 bits per heavy atom. The highest BCUT2D eigenvalue weighted by Crippen LogP contribution is 2.43. The van der Waals surface area contributed by atoms with Gasteiger partial charge in [-0.1, -0.05) is 140 Å². The molecule has 0 N–H and O–H groups in total. The van der Waals surface area contributed by atoms with E-state index in [1.54, 1.807) is 12.3 Å². The van der Waals surface area contributed by atoms with Crippen LogP contribution in [0.3, 0.4) is 0 Å². The lowest BCUT2D eigenvalue weighted by Gasteiger charge is -2.45. The number of nitrogens with zero attached hydrogens (tertiary/aromatic N) is 3. The number of pyridine rings is 1. The van der Waals surface area contributed by atoms with Crippen molar-refractivity contribution in [3.63, 3.8) is 0 Å². The van der Waals surface area contributed by atoms with Gasteiger partial charge in [0, 0.05) is 28.7 Å². The number of nitriles is 1. The molecule has 216 valence electrons. The first kappa shape index (κ1) is 27.5. The lowest BCUT2D eigenvalue weighted by atomic mass is 9.98. The first-order valence-electron chi connectivity index (χ1n) is 15.5. The summed E-state index contributed by atoms with van der Waals surface area (Å²) in [6.45, 7) is 0. The Morgan fingerprint density at radius 1 is 0.478 bits per heavy atom. The molecule has 46 heavy (non-hydrogen) atoms. The summed E-state index contributed by atoms with van der Waals surface area (Å²) in [6, 6.07) is 63.1. The maximum atomic E-state index is 9.64. The van der Waals surface area contributed by atoms with Crippen molar-refractivity contribution in [1.29, 1.82) is 5.26 Å². The van der Waals surface area contributed by atoms with E-state index in [-0.39, 0.29) is 0 Å². The molecule has 0 saturated heterocycles. The lowest BCUT2D eigenvalue weighted by Crippen LogP contribution is -2.77. The summed E-state index contributed by atoms with van der Waals surface area (Å²) in [5.41, 5.74) is 7.96. The fourth-order valence-electron chi connectivity index (χ4n) is 7.12. The van der Waals surface area contributed by atoms with Crippen molar-refractivity contribution in [2.45, 2.75) is 0 Å². The van der Waals surface area contributed by atoms with Crippen molar-refractivity contribution in [3.05, 3.63) is 182 Å². The third-order valence-corrected chi connectivity index (χ3v) is 13.9. The van der Waals surface area contributed by atoms with Crippen LogP contribution in [0.25, 0.3) is 22.4 Å². The van der Waals surface area contributed by atoms with Crippen LogP contribution in [0.5, 0.6) is 0 Å². The van der Waals surface area contributed by atoms with Gasteiger partial charge < -0.3 is 4.90 Å². The van der Waals surface area contributed by atoms with Gasteiger partial charge in [0.05, 0.1) is 16.9 Å². The van der Waals surface area contributed by atoms with Crippen molar-refractivity contribution in [1.82, 2.24) is 4.98 Å². The molecule has 3 nitrogen and oxygen atoms in total. The number of anilines is 3. The zero-order chi connectivity index (χ0) is 30.9. The fourth-order valence-corrected chi connectivity index (χ4v) is 12.2. The Kier molecular flexibility index (Phi) is 6.87. The molecule has 0 radical (unpaired) electrons. The third kappa shape index (κ3) is 4.29. The zero-order valence-corrected chi connectivity index (χ0v) is 26.1. The number of hydrogen-bond acceptors (Lipinski definition) is 3. The molecule has 2 heterocycles. The molecule has 4 heteroatoms. The van der Waals surface area contributed by atoms with E-state index in [9.17, 15) is 5.26 Å². The van der Waals surface area contributed by atoms with Gasteiger partial charge in [0.15, 0.2) is 8.07 Å². The molecule has 1 aromatic heterocycles. The molecule has 0 spiro atoms. The monoisotopic (exact) mass is 603 g/mol. The van der Waals surface area contributed by atoms with Gasteiger partial charge in [-0.2, -0.15) is 5.26 Å². The largest absolute Gasteiger partial charge is 0.310 e. The average Bonchev–Trinajstić information content (AvgIpc) is 3.14. The molecule has 6 aromatic carbocycles. The van der Waals surface area contributed by atoms with Gasteiger partial charge in [-0.3, -0.25) is 4.98 Å². The smallest absolute Gasteiger partial charge is 0.184 e. The van der Waals surface area contributed by atoms with Gasteiger partial charge in [0.1, 0.15) is 6.07 Å². The summed E-state index contributed by atoms with van der Waals surface area (Å²) in [7, 11) is -2.68. The van der Waals surface area contributed by atoms with E-state index in [1.807, 2.05) is 6.07 Å². The Bertz CT molecular complexity index is 2130. The highest BCUT2D eigenvalue weighted by molar-refractivity contribution is 7.21. The second-order valence-electron chi connectivity index (χ2n) is 11.5. The summed E-state index contributed by atoms with van der Waals surface area (Å²) >= 11 is 0. The zero-order valence-electron chi connectivity index (χ0n) is 25.1. The second kappa shape index (κ2) is 11.5. The normalized spacial score (nSPS) is 12.9. The van der Waals surface area contributed by atoms with Gasteiger partial charge in [-0.05, 0) is 56.6 Å². The minimum Gasteiger partial charge on any atom is -0.310 e. The molecule has 0 bridgehead atoms. The summed E-state index contributed by atoms with van der Waals surface area (Å²) in [5.74, 6) is 0. The molecule has 0 fully saturated rings. The number of hydrogen-bond donors (Lipinski definition) is 0. The predicted octanol–water partition coefficient (Wildman–Crippen LogP) is 7.45. The van der Waals surface area contributed by atoms with Crippen LogP contribution >= 0.6 is 0 Å². The highest BCUT2D eigenvalue weighted by atomic mass is 28.3. The lowest BCUT2D eigenvalue weighted by molar-refractivity contribution is 1.29. The van der Waals surface area contributed by atoms with Gasteiger partial charge in [0.25, 0.3) is 0 Å². The van der Waals surface area contributed by atoms with Crippen LogP contribution in [0.1, 0.15) is 5.56 Å². The van der Waals surface area contributed by atoms with Gasteiger partial charge in [-0.15, -0.1) is 0 Å². The minimum absolute atomic E-state index is 0.571. The summed E-state index contributed by atoms with van der Waals surface area (Å²) < 4.78 is 0. The Morgan fingerprint density at radius 3 is 1.57 bits per heavy atom. The Hall–Kier alpha value is -6.02. The first-order valence-corrected chi connectivity index (χ1v) is 17.5. The average molecular weight is 604 g/mol. The second-order valence-corrected chi connectivity index (χ2v) is 15.2. The molecule has 1 aliphatic heterocycles. The first-order chi connectivity index (χ1) is 22.8. The molecule has 1 aliphatic rings. The van der Waals surface area contributed by atoms with Crippen LogP contribution < -0.4 is 25.6 Å². The predicted molar refractivity (Wildman–Crippen MR) is 192 cm³/mol. The van der Waals surface area contributed by atoms with Crippen LogP contribution in [0.4, 0.5) is 17.1 Å². The van der Waals surface area contributed by atoms with Gasteiger partial charge in [0.2, 0.25) is 0 Å². The Labute approximate surface area is 270 Å². The quantitative estimate of drug-likeness (QED) is 0.192. The molecule has 0 atom stereocenters. The Balaban J connectivity index is 1.35. The van der Waals surface area contributed by atoms with Crippen LogP contribution in [-0.2, 0) is 0 Å². The molecule has 0 saturated carbocycles. The third-order valence-electron chi connectivity index (χ3n) is 9.05. The molecule has 0 unspecified atom stereocenters. The van der Waals surface area contributed by atoms with Crippen molar-refractivity contribution in [3.8, 4) is 28.5 Å². The number of rotatable bonds is 5. The summed E-state index contributed by atoms with van der Waals surface area (Å²) in [4.78, 5) is 6.96. The van der Waals surface area contributed by atoms with Crippen molar-refractivity contribution >= 4 is 45.9 Å². The van der Waals surface area contributed by atoms with Crippen molar-refractivity contribution < 1.29 is 0 Å². The highest BCUT2D eigenvalue weighted by Gasteiger charge is 2.48. The van der Waals surface area contributed by atoms with E-state index < -0.39 is 8.07 Å². The topological polar surface area (TPSA) is 39.9 Å².